The van der Waals surface area contributed by atoms with Gasteiger partial charge in [-0.2, -0.15) is 0 Å². The molecule has 0 saturated carbocycles. The van der Waals surface area contributed by atoms with E-state index in [1.54, 1.807) is 37.3 Å². The Morgan fingerprint density at radius 2 is 1.81 bits per heavy atom. The van der Waals surface area contributed by atoms with Crippen LogP contribution in [0.2, 0.25) is 10.0 Å². The van der Waals surface area contributed by atoms with Crippen LogP contribution in [-0.4, -0.2) is 12.6 Å². The zero-order chi connectivity index (χ0) is 15.2. The number of benzene rings is 2. The largest absolute Gasteiger partial charge is 0.489 e. The second-order valence-electron chi connectivity index (χ2n) is 4.25. The maximum atomic E-state index is 11.5. The summed E-state index contributed by atoms with van der Waals surface area (Å²) in [5.41, 5.74) is 1.30. The van der Waals surface area contributed by atoms with Crippen molar-refractivity contribution < 1.29 is 14.3 Å². The molecule has 110 valence electrons. The van der Waals surface area contributed by atoms with Gasteiger partial charge in [0.25, 0.3) is 0 Å². The first-order valence-corrected chi connectivity index (χ1v) is 7.20. The third kappa shape index (κ3) is 4.13. The van der Waals surface area contributed by atoms with E-state index < -0.39 is 0 Å². The molecule has 0 bridgehead atoms. The summed E-state index contributed by atoms with van der Waals surface area (Å²) in [7, 11) is 0. The maximum Gasteiger partial charge on any atom is 0.338 e. The van der Waals surface area contributed by atoms with Crippen molar-refractivity contribution in [1.29, 1.82) is 0 Å². The van der Waals surface area contributed by atoms with E-state index in [4.69, 9.17) is 32.7 Å². The summed E-state index contributed by atoms with van der Waals surface area (Å²) in [4.78, 5) is 11.5. The Balaban J connectivity index is 2.01. The molecule has 0 unspecified atom stereocenters. The Kier molecular flexibility index (Phi) is 5.48. The Bertz CT molecular complexity index is 624. The van der Waals surface area contributed by atoms with E-state index in [2.05, 4.69) is 0 Å². The van der Waals surface area contributed by atoms with Crippen LogP contribution in [0.1, 0.15) is 22.8 Å². The third-order valence-electron chi connectivity index (χ3n) is 2.79. The minimum absolute atomic E-state index is 0.304. The predicted molar refractivity (Wildman–Crippen MR) is 83.2 cm³/mol. The first-order valence-electron chi connectivity index (χ1n) is 6.44. The van der Waals surface area contributed by atoms with Gasteiger partial charge in [-0.25, -0.2) is 4.79 Å². The topological polar surface area (TPSA) is 35.5 Å². The van der Waals surface area contributed by atoms with E-state index in [0.29, 0.717) is 34.6 Å². The molecule has 0 N–H and O–H groups in total. The van der Waals surface area contributed by atoms with E-state index in [1.165, 1.54) is 0 Å². The van der Waals surface area contributed by atoms with Crippen molar-refractivity contribution in [3.05, 3.63) is 63.6 Å². The summed E-state index contributed by atoms with van der Waals surface area (Å²) in [5, 5.41) is 0.984. The van der Waals surface area contributed by atoms with Gasteiger partial charge in [0.1, 0.15) is 12.4 Å². The van der Waals surface area contributed by atoms with Gasteiger partial charge in [0.2, 0.25) is 0 Å². The number of halogens is 2. The van der Waals surface area contributed by atoms with Gasteiger partial charge in [-0.1, -0.05) is 35.3 Å². The molecule has 2 aromatic carbocycles. The van der Waals surface area contributed by atoms with Crippen LogP contribution in [0.3, 0.4) is 0 Å². The first-order chi connectivity index (χ1) is 10.1. The summed E-state index contributed by atoms with van der Waals surface area (Å²) in [6.07, 6.45) is 0. The summed E-state index contributed by atoms with van der Waals surface area (Å²) in [5.74, 6) is 0.293. The minimum Gasteiger partial charge on any atom is -0.489 e. The van der Waals surface area contributed by atoms with Crippen LogP contribution in [0.5, 0.6) is 5.75 Å². The molecule has 0 fully saturated rings. The van der Waals surface area contributed by atoms with E-state index in [0.717, 1.165) is 5.56 Å². The second kappa shape index (κ2) is 7.34. The van der Waals surface area contributed by atoms with Crippen molar-refractivity contribution in [3.63, 3.8) is 0 Å². The van der Waals surface area contributed by atoms with Gasteiger partial charge < -0.3 is 9.47 Å². The predicted octanol–water partition coefficient (Wildman–Crippen LogP) is 4.75. The Hall–Kier alpha value is -1.71. The van der Waals surface area contributed by atoms with Gasteiger partial charge in [-0.05, 0) is 37.3 Å². The standard InChI is InChI=1S/C16H14Cl2O3/c1-2-20-16(19)11-6-8-13(9-7-11)21-10-12-4-3-5-14(17)15(12)18/h3-9H,2,10H2,1H3. The van der Waals surface area contributed by atoms with Gasteiger partial charge in [-0.15, -0.1) is 0 Å². The molecule has 0 aromatic heterocycles. The highest BCUT2D eigenvalue weighted by molar-refractivity contribution is 6.42. The molecule has 2 rings (SSSR count). The highest BCUT2D eigenvalue weighted by Gasteiger charge is 2.07. The molecule has 2 aromatic rings. The van der Waals surface area contributed by atoms with Crippen molar-refractivity contribution in [1.82, 2.24) is 0 Å². The lowest BCUT2D eigenvalue weighted by atomic mass is 10.2. The number of ether oxygens (including phenoxy) is 2. The maximum absolute atomic E-state index is 11.5. The lowest BCUT2D eigenvalue weighted by Crippen LogP contribution is -2.04. The van der Waals surface area contributed by atoms with Gasteiger partial charge >= 0.3 is 5.97 Å². The lowest BCUT2D eigenvalue weighted by Gasteiger charge is -2.09. The zero-order valence-electron chi connectivity index (χ0n) is 11.4. The molecule has 0 spiro atoms. The normalized spacial score (nSPS) is 10.2. The van der Waals surface area contributed by atoms with E-state index >= 15 is 0 Å². The molecule has 0 saturated heterocycles. The number of esters is 1. The van der Waals surface area contributed by atoms with Crippen molar-refractivity contribution in [2.45, 2.75) is 13.5 Å². The van der Waals surface area contributed by atoms with Gasteiger partial charge in [-0.3, -0.25) is 0 Å². The molecule has 0 aliphatic carbocycles. The van der Waals surface area contributed by atoms with Crippen LogP contribution in [0, 0.1) is 0 Å². The van der Waals surface area contributed by atoms with Crippen LogP contribution in [0.25, 0.3) is 0 Å². The molecular weight excluding hydrogens is 311 g/mol. The third-order valence-corrected chi connectivity index (χ3v) is 3.65. The number of rotatable bonds is 5. The Morgan fingerprint density at radius 3 is 2.48 bits per heavy atom. The second-order valence-corrected chi connectivity index (χ2v) is 5.03. The molecular formula is C16H14Cl2O3. The molecule has 21 heavy (non-hydrogen) atoms. The fourth-order valence-corrected chi connectivity index (χ4v) is 2.10. The fourth-order valence-electron chi connectivity index (χ4n) is 1.72. The molecule has 3 nitrogen and oxygen atoms in total. The number of hydrogen-bond donors (Lipinski definition) is 0. The fraction of sp³-hybridized carbons (Fsp3) is 0.188. The number of carbonyl (C=O) groups excluding carboxylic acids is 1. The molecule has 0 heterocycles. The van der Waals surface area contributed by atoms with E-state index in [1.807, 2.05) is 12.1 Å². The molecule has 0 aliphatic rings. The van der Waals surface area contributed by atoms with Gasteiger partial charge in [0.15, 0.2) is 0 Å². The lowest BCUT2D eigenvalue weighted by molar-refractivity contribution is 0.0526. The summed E-state index contributed by atoms with van der Waals surface area (Å²) < 4.78 is 10.5. The highest BCUT2D eigenvalue weighted by atomic mass is 35.5. The average molecular weight is 325 g/mol. The number of hydrogen-bond acceptors (Lipinski definition) is 3. The Morgan fingerprint density at radius 1 is 1.10 bits per heavy atom. The molecule has 0 aliphatic heterocycles. The van der Waals surface area contributed by atoms with Crippen molar-refractivity contribution in [2.24, 2.45) is 0 Å². The van der Waals surface area contributed by atoms with Crippen LogP contribution >= 0.6 is 23.2 Å². The molecule has 5 heteroatoms. The van der Waals surface area contributed by atoms with Crippen LogP contribution < -0.4 is 4.74 Å². The van der Waals surface area contributed by atoms with E-state index in [-0.39, 0.29) is 5.97 Å². The van der Waals surface area contributed by atoms with Crippen molar-refractivity contribution in [2.75, 3.05) is 6.61 Å². The Labute approximate surface area is 133 Å². The monoisotopic (exact) mass is 324 g/mol. The summed E-state index contributed by atoms with van der Waals surface area (Å²) in [6.45, 7) is 2.42. The SMILES string of the molecule is CCOC(=O)c1ccc(OCc2cccc(Cl)c2Cl)cc1. The van der Waals surface area contributed by atoms with Gasteiger partial charge in [0.05, 0.1) is 22.2 Å². The van der Waals surface area contributed by atoms with Crippen LogP contribution in [-0.2, 0) is 11.3 Å². The van der Waals surface area contributed by atoms with E-state index in [9.17, 15) is 4.79 Å². The number of carbonyl (C=O) groups is 1. The molecule has 0 radical (unpaired) electrons. The summed E-state index contributed by atoms with van der Waals surface area (Å²) >= 11 is 12.0. The first kappa shape index (κ1) is 15.7. The zero-order valence-corrected chi connectivity index (χ0v) is 12.9. The quantitative estimate of drug-likeness (QED) is 0.744. The van der Waals surface area contributed by atoms with Crippen molar-refractivity contribution in [3.8, 4) is 5.75 Å². The van der Waals surface area contributed by atoms with Crippen LogP contribution in [0.4, 0.5) is 0 Å². The van der Waals surface area contributed by atoms with Crippen LogP contribution in [0.15, 0.2) is 42.5 Å². The molecule has 0 amide bonds. The highest BCUT2D eigenvalue weighted by Crippen LogP contribution is 2.26. The smallest absolute Gasteiger partial charge is 0.338 e. The minimum atomic E-state index is -0.345. The van der Waals surface area contributed by atoms with Crippen molar-refractivity contribution >= 4 is 29.2 Å². The molecule has 0 atom stereocenters. The van der Waals surface area contributed by atoms with Gasteiger partial charge in [0, 0.05) is 5.56 Å². The summed E-state index contributed by atoms with van der Waals surface area (Å²) in [6, 6.07) is 12.1. The average Bonchev–Trinajstić information content (AvgIpc) is 2.49.